The highest BCUT2D eigenvalue weighted by Crippen LogP contribution is 2.28. The predicted molar refractivity (Wildman–Crippen MR) is 77.9 cm³/mol. The third-order valence-corrected chi connectivity index (χ3v) is 4.40. The van der Waals surface area contributed by atoms with E-state index < -0.39 is 5.97 Å². The van der Waals surface area contributed by atoms with E-state index in [9.17, 15) is 9.59 Å². The van der Waals surface area contributed by atoms with Crippen molar-refractivity contribution in [2.24, 2.45) is 11.8 Å². The van der Waals surface area contributed by atoms with E-state index in [1.54, 1.807) is 0 Å². The Hall–Kier alpha value is -1.85. The van der Waals surface area contributed by atoms with Crippen molar-refractivity contribution in [3.8, 4) is 0 Å². The highest BCUT2D eigenvalue weighted by molar-refractivity contribution is 5.79. The van der Waals surface area contributed by atoms with Gasteiger partial charge in [0.05, 0.1) is 18.0 Å². The smallest absolute Gasteiger partial charge is 0.306 e. The number of aliphatic carboxylic acids is 1. The number of hydrogen-bond acceptors (Lipinski definition) is 3. The van der Waals surface area contributed by atoms with E-state index >= 15 is 0 Å². The quantitative estimate of drug-likeness (QED) is 0.768. The zero-order chi connectivity index (χ0) is 15.4. The van der Waals surface area contributed by atoms with Crippen LogP contribution in [0.5, 0.6) is 0 Å². The topological polar surface area (TPSA) is 95.1 Å². The van der Waals surface area contributed by atoms with Crippen LogP contribution < -0.4 is 5.32 Å². The molecule has 1 aromatic rings. The van der Waals surface area contributed by atoms with Gasteiger partial charge >= 0.3 is 5.97 Å². The first-order chi connectivity index (χ1) is 9.97. The van der Waals surface area contributed by atoms with Gasteiger partial charge in [-0.15, -0.1) is 0 Å². The third-order valence-electron chi connectivity index (χ3n) is 4.40. The first-order valence-electron chi connectivity index (χ1n) is 7.47. The Morgan fingerprint density at radius 3 is 2.48 bits per heavy atom. The summed E-state index contributed by atoms with van der Waals surface area (Å²) in [6.07, 6.45) is 3.53. The monoisotopic (exact) mass is 293 g/mol. The van der Waals surface area contributed by atoms with E-state index in [0.29, 0.717) is 18.9 Å². The zero-order valence-electron chi connectivity index (χ0n) is 12.6. The van der Waals surface area contributed by atoms with Gasteiger partial charge < -0.3 is 10.4 Å². The Morgan fingerprint density at radius 1 is 1.29 bits per heavy atom. The van der Waals surface area contributed by atoms with Crippen LogP contribution in [0.3, 0.4) is 0 Å². The van der Waals surface area contributed by atoms with E-state index in [2.05, 4.69) is 15.5 Å². The number of H-pyrrole nitrogens is 1. The second kappa shape index (κ2) is 6.74. The summed E-state index contributed by atoms with van der Waals surface area (Å²) in [5, 5.41) is 18.9. The van der Waals surface area contributed by atoms with E-state index in [-0.39, 0.29) is 11.8 Å². The molecule has 0 atom stereocenters. The summed E-state index contributed by atoms with van der Waals surface area (Å²) in [6.45, 7) is 4.44. The van der Waals surface area contributed by atoms with Crippen LogP contribution in [-0.4, -0.2) is 33.7 Å². The summed E-state index contributed by atoms with van der Waals surface area (Å²) >= 11 is 0. The van der Waals surface area contributed by atoms with Crippen molar-refractivity contribution in [1.29, 1.82) is 0 Å². The second-order valence-electron chi connectivity index (χ2n) is 5.95. The van der Waals surface area contributed by atoms with Crippen molar-refractivity contribution in [3.63, 3.8) is 0 Å². The van der Waals surface area contributed by atoms with Gasteiger partial charge in [0.25, 0.3) is 0 Å². The lowest BCUT2D eigenvalue weighted by Gasteiger charge is -2.26. The molecule has 1 saturated carbocycles. The molecule has 21 heavy (non-hydrogen) atoms. The molecule has 2 rings (SSSR count). The fourth-order valence-corrected chi connectivity index (χ4v) is 2.93. The third kappa shape index (κ3) is 4.06. The zero-order valence-corrected chi connectivity index (χ0v) is 12.6. The Balaban J connectivity index is 1.74. The normalized spacial score (nSPS) is 22.0. The number of carbonyl (C=O) groups is 2. The van der Waals surface area contributed by atoms with Crippen LogP contribution in [0, 0.1) is 25.7 Å². The van der Waals surface area contributed by atoms with E-state index in [0.717, 1.165) is 42.6 Å². The molecule has 1 heterocycles. The number of rotatable bonds is 5. The molecule has 0 unspecified atom stereocenters. The van der Waals surface area contributed by atoms with Gasteiger partial charge in [-0.2, -0.15) is 5.10 Å². The molecule has 1 aromatic heterocycles. The van der Waals surface area contributed by atoms with Crippen molar-refractivity contribution >= 4 is 11.9 Å². The Morgan fingerprint density at radius 2 is 1.95 bits per heavy atom. The molecule has 116 valence electrons. The average Bonchev–Trinajstić information content (AvgIpc) is 2.77. The van der Waals surface area contributed by atoms with E-state index in [1.807, 2.05) is 13.8 Å². The highest BCUT2D eigenvalue weighted by Gasteiger charge is 2.26. The van der Waals surface area contributed by atoms with Crippen molar-refractivity contribution in [3.05, 3.63) is 17.0 Å². The maximum atomic E-state index is 12.0. The van der Waals surface area contributed by atoms with E-state index in [4.69, 9.17) is 5.11 Å². The molecule has 0 aromatic carbocycles. The second-order valence-corrected chi connectivity index (χ2v) is 5.95. The van der Waals surface area contributed by atoms with Gasteiger partial charge in [0, 0.05) is 17.8 Å². The SMILES string of the molecule is Cc1n[nH]c(C)c1CC(=O)NCC1CCC(C(=O)O)CC1. The number of carboxylic acids is 1. The highest BCUT2D eigenvalue weighted by atomic mass is 16.4. The van der Waals surface area contributed by atoms with Gasteiger partial charge in [-0.3, -0.25) is 14.7 Å². The van der Waals surface area contributed by atoms with Gasteiger partial charge in [0.15, 0.2) is 0 Å². The lowest BCUT2D eigenvalue weighted by Crippen LogP contribution is -2.33. The molecule has 0 saturated heterocycles. The minimum atomic E-state index is -0.691. The summed E-state index contributed by atoms with van der Waals surface area (Å²) in [4.78, 5) is 22.9. The molecular weight excluding hydrogens is 270 g/mol. The average molecular weight is 293 g/mol. The van der Waals surface area contributed by atoms with Crippen LogP contribution in [0.25, 0.3) is 0 Å². The van der Waals surface area contributed by atoms with Crippen LogP contribution in [0.4, 0.5) is 0 Å². The summed E-state index contributed by atoms with van der Waals surface area (Å²) in [7, 11) is 0. The van der Waals surface area contributed by atoms with Crippen LogP contribution in [0.15, 0.2) is 0 Å². The summed E-state index contributed by atoms with van der Waals surface area (Å²) in [5.74, 6) is -0.490. The molecule has 1 amide bonds. The molecule has 6 nitrogen and oxygen atoms in total. The van der Waals surface area contributed by atoms with Gasteiger partial charge in [-0.05, 0) is 45.4 Å². The number of nitrogens with one attached hydrogen (secondary N) is 2. The molecule has 1 fully saturated rings. The lowest BCUT2D eigenvalue weighted by atomic mass is 9.82. The predicted octanol–water partition coefficient (Wildman–Crippen LogP) is 1.58. The molecule has 1 aliphatic rings. The standard InChI is InChI=1S/C15H23N3O3/c1-9-13(10(2)18-17-9)7-14(19)16-8-11-3-5-12(6-4-11)15(20)21/h11-12H,3-8H2,1-2H3,(H,16,19)(H,17,18)(H,20,21). The number of carbonyl (C=O) groups excluding carboxylic acids is 1. The molecule has 0 bridgehead atoms. The maximum absolute atomic E-state index is 12.0. The van der Waals surface area contributed by atoms with Crippen LogP contribution >= 0.6 is 0 Å². The minimum absolute atomic E-state index is 0.00274. The Bertz CT molecular complexity index is 497. The number of nitrogens with zero attached hydrogens (tertiary/aromatic N) is 1. The first kappa shape index (κ1) is 15.5. The molecule has 6 heteroatoms. The number of hydrogen-bond donors (Lipinski definition) is 3. The summed E-state index contributed by atoms with van der Waals surface area (Å²) < 4.78 is 0. The van der Waals surface area contributed by atoms with Crippen molar-refractivity contribution in [2.75, 3.05) is 6.54 Å². The molecule has 0 aliphatic heterocycles. The fraction of sp³-hybridized carbons (Fsp3) is 0.667. The van der Waals surface area contributed by atoms with Crippen molar-refractivity contribution in [1.82, 2.24) is 15.5 Å². The maximum Gasteiger partial charge on any atom is 0.306 e. The summed E-state index contributed by atoms with van der Waals surface area (Å²) in [5.41, 5.74) is 2.76. The van der Waals surface area contributed by atoms with Crippen LogP contribution in [0.1, 0.15) is 42.6 Å². The number of carboxylic acid groups (broad SMARTS) is 1. The Kier molecular flexibility index (Phi) is 4.98. The lowest BCUT2D eigenvalue weighted by molar-refractivity contribution is -0.143. The van der Waals surface area contributed by atoms with Crippen molar-refractivity contribution in [2.45, 2.75) is 46.0 Å². The summed E-state index contributed by atoms with van der Waals surface area (Å²) in [6, 6.07) is 0. The van der Waals surface area contributed by atoms with Gasteiger partial charge in [-0.25, -0.2) is 0 Å². The number of aromatic nitrogens is 2. The van der Waals surface area contributed by atoms with E-state index in [1.165, 1.54) is 0 Å². The van der Waals surface area contributed by atoms with Gasteiger partial charge in [0.2, 0.25) is 5.91 Å². The largest absolute Gasteiger partial charge is 0.481 e. The number of aromatic amines is 1. The number of aryl methyl sites for hydroxylation is 2. The molecule has 3 N–H and O–H groups in total. The number of amides is 1. The molecule has 0 spiro atoms. The van der Waals surface area contributed by atoms with Crippen molar-refractivity contribution < 1.29 is 14.7 Å². The van der Waals surface area contributed by atoms with Crippen LogP contribution in [0.2, 0.25) is 0 Å². The fourth-order valence-electron chi connectivity index (χ4n) is 2.93. The minimum Gasteiger partial charge on any atom is -0.481 e. The first-order valence-corrected chi connectivity index (χ1v) is 7.47. The van der Waals surface area contributed by atoms with Gasteiger partial charge in [0.1, 0.15) is 0 Å². The molecular formula is C15H23N3O3. The Labute approximate surface area is 124 Å². The molecule has 0 radical (unpaired) electrons. The molecule has 1 aliphatic carbocycles. The van der Waals surface area contributed by atoms with Gasteiger partial charge in [-0.1, -0.05) is 0 Å². The van der Waals surface area contributed by atoms with Crippen LogP contribution in [-0.2, 0) is 16.0 Å².